The zero-order valence-electron chi connectivity index (χ0n) is 12.7. The number of ether oxygens (including phenoxy) is 1. The maximum Gasteiger partial charge on any atom is 0.164 e. The van der Waals surface area contributed by atoms with Crippen molar-refractivity contribution in [1.29, 1.82) is 0 Å². The molecule has 0 aliphatic heterocycles. The number of ketones is 1. The fraction of sp³-hybridized carbons (Fsp3) is 0.938. The van der Waals surface area contributed by atoms with Gasteiger partial charge in [-0.25, -0.2) is 0 Å². The molecule has 0 amide bonds. The van der Waals surface area contributed by atoms with Gasteiger partial charge in [-0.2, -0.15) is 0 Å². The van der Waals surface area contributed by atoms with Gasteiger partial charge in [0.1, 0.15) is 5.60 Å². The highest BCUT2D eigenvalue weighted by molar-refractivity contribution is 5.87. The standard InChI is InChI=1S/C16H30O2/c1-5-7-8-9-14(17)16(18-6-2)12-10-15(3,4)11-13-16/h5-13H2,1-4H3. The monoisotopic (exact) mass is 254 g/mol. The molecular formula is C16H30O2. The van der Waals surface area contributed by atoms with Crippen LogP contribution in [0, 0.1) is 5.41 Å². The molecule has 0 spiro atoms. The molecule has 1 aliphatic rings. The van der Waals surface area contributed by atoms with Crippen molar-refractivity contribution in [2.24, 2.45) is 5.41 Å². The van der Waals surface area contributed by atoms with Gasteiger partial charge in [0.15, 0.2) is 5.78 Å². The number of carbonyl (C=O) groups is 1. The molecule has 0 saturated heterocycles. The van der Waals surface area contributed by atoms with Gasteiger partial charge in [0.25, 0.3) is 0 Å². The second-order valence-electron chi connectivity index (χ2n) is 6.47. The molecule has 0 aromatic carbocycles. The van der Waals surface area contributed by atoms with Gasteiger partial charge >= 0.3 is 0 Å². The van der Waals surface area contributed by atoms with Crippen LogP contribution >= 0.6 is 0 Å². The van der Waals surface area contributed by atoms with E-state index in [2.05, 4.69) is 20.8 Å². The van der Waals surface area contributed by atoms with Crippen molar-refractivity contribution in [3.63, 3.8) is 0 Å². The lowest BCUT2D eigenvalue weighted by atomic mass is 9.69. The average molecular weight is 254 g/mol. The van der Waals surface area contributed by atoms with Crippen LogP contribution in [-0.4, -0.2) is 18.0 Å². The van der Waals surface area contributed by atoms with Crippen LogP contribution in [0.25, 0.3) is 0 Å². The topological polar surface area (TPSA) is 26.3 Å². The lowest BCUT2D eigenvalue weighted by Gasteiger charge is -2.42. The minimum Gasteiger partial charge on any atom is -0.368 e. The van der Waals surface area contributed by atoms with Crippen LogP contribution in [0.5, 0.6) is 0 Å². The third-order valence-corrected chi connectivity index (χ3v) is 4.35. The summed E-state index contributed by atoms with van der Waals surface area (Å²) in [7, 11) is 0. The Bertz CT molecular complexity index is 258. The highest BCUT2D eigenvalue weighted by atomic mass is 16.5. The number of rotatable bonds is 7. The number of hydrogen-bond donors (Lipinski definition) is 0. The summed E-state index contributed by atoms with van der Waals surface area (Å²) in [6.07, 6.45) is 8.08. The zero-order chi connectivity index (χ0) is 13.6. The van der Waals surface area contributed by atoms with Crippen molar-refractivity contribution in [2.45, 2.75) is 84.7 Å². The summed E-state index contributed by atoms with van der Waals surface area (Å²) in [6.45, 7) is 9.42. The van der Waals surface area contributed by atoms with Crippen molar-refractivity contribution in [1.82, 2.24) is 0 Å². The minimum absolute atomic E-state index is 0.355. The van der Waals surface area contributed by atoms with E-state index in [9.17, 15) is 4.79 Å². The molecule has 0 aromatic heterocycles. The summed E-state index contributed by atoms with van der Waals surface area (Å²) in [6, 6.07) is 0. The molecule has 1 fully saturated rings. The molecule has 18 heavy (non-hydrogen) atoms. The van der Waals surface area contributed by atoms with Gasteiger partial charge in [-0.3, -0.25) is 4.79 Å². The zero-order valence-corrected chi connectivity index (χ0v) is 12.7. The molecule has 2 heteroatoms. The molecule has 0 aromatic rings. The molecule has 2 nitrogen and oxygen atoms in total. The van der Waals surface area contributed by atoms with Crippen molar-refractivity contribution in [2.75, 3.05) is 6.61 Å². The first kappa shape index (κ1) is 15.7. The van der Waals surface area contributed by atoms with Gasteiger partial charge in [0.2, 0.25) is 0 Å². The lowest BCUT2D eigenvalue weighted by molar-refractivity contribution is -0.152. The number of Topliss-reactive ketones (excluding diaryl/α,β-unsaturated/α-hetero) is 1. The molecular weight excluding hydrogens is 224 g/mol. The maximum absolute atomic E-state index is 12.5. The highest BCUT2D eigenvalue weighted by Gasteiger charge is 2.43. The molecule has 1 aliphatic carbocycles. The normalized spacial score (nSPS) is 21.8. The summed E-state index contributed by atoms with van der Waals surface area (Å²) in [5, 5.41) is 0. The summed E-state index contributed by atoms with van der Waals surface area (Å²) in [4.78, 5) is 12.5. The van der Waals surface area contributed by atoms with E-state index in [1.165, 1.54) is 6.42 Å². The Balaban J connectivity index is 2.61. The third kappa shape index (κ3) is 4.08. The smallest absolute Gasteiger partial charge is 0.164 e. The molecule has 0 bridgehead atoms. The Morgan fingerprint density at radius 3 is 2.17 bits per heavy atom. The predicted octanol–water partition coefficient (Wildman–Crippen LogP) is 4.51. The molecule has 106 valence electrons. The van der Waals surface area contributed by atoms with Gasteiger partial charge in [-0.15, -0.1) is 0 Å². The van der Waals surface area contributed by atoms with E-state index in [4.69, 9.17) is 4.74 Å². The van der Waals surface area contributed by atoms with E-state index in [1.807, 2.05) is 6.92 Å². The fourth-order valence-corrected chi connectivity index (χ4v) is 2.87. The van der Waals surface area contributed by atoms with E-state index >= 15 is 0 Å². The largest absolute Gasteiger partial charge is 0.368 e. The SMILES string of the molecule is CCCCCC(=O)C1(OCC)CCC(C)(C)CC1. The Kier molecular flexibility index (Phi) is 5.84. The van der Waals surface area contributed by atoms with Gasteiger partial charge in [0, 0.05) is 13.0 Å². The first-order chi connectivity index (χ1) is 8.46. The first-order valence-corrected chi connectivity index (χ1v) is 7.63. The van der Waals surface area contributed by atoms with E-state index < -0.39 is 5.60 Å². The first-order valence-electron chi connectivity index (χ1n) is 7.63. The van der Waals surface area contributed by atoms with Gasteiger partial charge in [-0.1, -0.05) is 33.6 Å². The quantitative estimate of drug-likeness (QED) is 0.625. The van der Waals surface area contributed by atoms with Crippen LogP contribution in [0.2, 0.25) is 0 Å². The fourth-order valence-electron chi connectivity index (χ4n) is 2.87. The Morgan fingerprint density at radius 1 is 1.06 bits per heavy atom. The van der Waals surface area contributed by atoms with Crippen LogP contribution in [0.3, 0.4) is 0 Å². The van der Waals surface area contributed by atoms with Crippen molar-refractivity contribution < 1.29 is 9.53 Å². The molecule has 0 unspecified atom stereocenters. The van der Waals surface area contributed by atoms with E-state index in [1.54, 1.807) is 0 Å². The second-order valence-corrected chi connectivity index (χ2v) is 6.47. The second kappa shape index (κ2) is 6.70. The van der Waals surface area contributed by atoms with Crippen molar-refractivity contribution >= 4 is 5.78 Å². The van der Waals surface area contributed by atoms with Crippen molar-refractivity contribution in [3.05, 3.63) is 0 Å². The van der Waals surface area contributed by atoms with Crippen LogP contribution in [0.4, 0.5) is 0 Å². The minimum atomic E-state index is -0.446. The molecule has 1 rings (SSSR count). The molecule has 0 atom stereocenters. The number of hydrogen-bond acceptors (Lipinski definition) is 2. The number of carbonyl (C=O) groups excluding carboxylic acids is 1. The Morgan fingerprint density at radius 2 is 1.67 bits per heavy atom. The lowest BCUT2D eigenvalue weighted by Crippen LogP contribution is -2.46. The Labute approximate surface area is 112 Å². The molecule has 0 N–H and O–H groups in total. The number of unbranched alkanes of at least 4 members (excludes halogenated alkanes) is 2. The third-order valence-electron chi connectivity index (χ3n) is 4.35. The van der Waals surface area contributed by atoms with E-state index in [-0.39, 0.29) is 0 Å². The van der Waals surface area contributed by atoms with Crippen LogP contribution in [0.1, 0.15) is 79.1 Å². The van der Waals surface area contributed by atoms with Gasteiger partial charge in [-0.05, 0) is 44.4 Å². The van der Waals surface area contributed by atoms with Crippen LogP contribution in [0.15, 0.2) is 0 Å². The average Bonchev–Trinajstić information content (AvgIpc) is 2.33. The van der Waals surface area contributed by atoms with Crippen molar-refractivity contribution in [3.8, 4) is 0 Å². The predicted molar refractivity (Wildman–Crippen MR) is 75.8 cm³/mol. The molecule has 0 radical (unpaired) electrons. The van der Waals surface area contributed by atoms with Crippen LogP contribution in [-0.2, 0) is 9.53 Å². The highest BCUT2D eigenvalue weighted by Crippen LogP contribution is 2.43. The summed E-state index contributed by atoms with van der Waals surface area (Å²) >= 11 is 0. The van der Waals surface area contributed by atoms with Gasteiger partial charge in [0.05, 0.1) is 0 Å². The van der Waals surface area contributed by atoms with Gasteiger partial charge < -0.3 is 4.74 Å². The Hall–Kier alpha value is -0.370. The summed E-state index contributed by atoms with van der Waals surface area (Å²) in [5.41, 5.74) is -0.0672. The summed E-state index contributed by atoms with van der Waals surface area (Å²) in [5.74, 6) is 0.355. The van der Waals surface area contributed by atoms with E-state index in [0.717, 1.165) is 38.5 Å². The van der Waals surface area contributed by atoms with E-state index in [0.29, 0.717) is 24.2 Å². The van der Waals surface area contributed by atoms with Crippen LogP contribution < -0.4 is 0 Å². The molecule has 1 saturated carbocycles. The molecule has 0 heterocycles. The maximum atomic E-state index is 12.5. The summed E-state index contributed by atoms with van der Waals surface area (Å²) < 4.78 is 5.91.